The molecule has 1 aliphatic heterocycles. The maximum Gasteiger partial charge on any atom is 0.251 e. The van der Waals surface area contributed by atoms with Crippen LogP contribution in [-0.4, -0.2) is 29.6 Å². The molecule has 2 heterocycles. The first-order chi connectivity index (χ1) is 9.08. The predicted octanol–water partition coefficient (Wildman–Crippen LogP) is 1.52. The first-order valence-electron chi connectivity index (χ1n) is 6.77. The summed E-state index contributed by atoms with van der Waals surface area (Å²) in [4.78, 5) is 16.4. The molecule has 5 nitrogen and oxygen atoms in total. The highest BCUT2D eigenvalue weighted by atomic mass is 16.5. The maximum atomic E-state index is 12.2. The molecule has 0 aliphatic carbocycles. The molecule has 104 valence electrons. The molecular weight excluding hydrogens is 242 g/mol. The van der Waals surface area contributed by atoms with Crippen LogP contribution in [0.5, 0.6) is 0 Å². The molecule has 2 rings (SSSR count). The Morgan fingerprint density at radius 1 is 1.58 bits per heavy atom. The average molecular weight is 263 g/mol. The van der Waals surface area contributed by atoms with Crippen LogP contribution >= 0.6 is 0 Å². The maximum absolute atomic E-state index is 12.2. The fourth-order valence-corrected chi connectivity index (χ4v) is 2.32. The van der Waals surface area contributed by atoms with Crippen molar-refractivity contribution in [2.24, 2.45) is 0 Å². The molecule has 5 heteroatoms. The largest absolute Gasteiger partial charge is 0.384 e. The minimum atomic E-state index is -0.0806. The van der Waals surface area contributed by atoms with Gasteiger partial charge in [-0.25, -0.2) is 4.98 Å². The molecule has 2 atom stereocenters. The third-order valence-corrected chi connectivity index (χ3v) is 3.34. The summed E-state index contributed by atoms with van der Waals surface area (Å²) in [5.74, 6) is 0.313. The molecule has 1 aromatic rings. The lowest BCUT2D eigenvalue weighted by Crippen LogP contribution is -2.41. The number of ether oxygens (including phenoxy) is 1. The van der Waals surface area contributed by atoms with Crippen LogP contribution in [0.3, 0.4) is 0 Å². The van der Waals surface area contributed by atoms with E-state index in [1.807, 2.05) is 13.8 Å². The number of carbonyl (C=O) groups excluding carboxylic acids is 1. The van der Waals surface area contributed by atoms with Crippen molar-refractivity contribution in [1.82, 2.24) is 10.3 Å². The van der Waals surface area contributed by atoms with Gasteiger partial charge in [-0.05, 0) is 38.3 Å². The Morgan fingerprint density at radius 2 is 2.37 bits per heavy atom. The predicted molar refractivity (Wildman–Crippen MR) is 73.9 cm³/mol. The molecule has 0 saturated carbocycles. The number of aryl methyl sites for hydroxylation is 1. The Kier molecular flexibility index (Phi) is 4.37. The molecule has 1 amide bonds. The number of nitrogens with one attached hydrogen (secondary N) is 1. The lowest BCUT2D eigenvalue weighted by atomic mass is 10.0. The molecule has 0 radical (unpaired) electrons. The smallest absolute Gasteiger partial charge is 0.251 e. The van der Waals surface area contributed by atoms with Crippen molar-refractivity contribution in [1.29, 1.82) is 0 Å². The summed E-state index contributed by atoms with van der Waals surface area (Å²) in [5.41, 5.74) is 7.14. The third-order valence-electron chi connectivity index (χ3n) is 3.34. The number of aromatic nitrogens is 1. The quantitative estimate of drug-likeness (QED) is 0.867. The summed E-state index contributed by atoms with van der Waals surface area (Å²) < 4.78 is 5.47. The number of pyridine rings is 1. The number of nitrogens with two attached hydrogens (primary N) is 1. The van der Waals surface area contributed by atoms with E-state index in [4.69, 9.17) is 10.5 Å². The van der Waals surface area contributed by atoms with Crippen LogP contribution in [-0.2, 0) is 11.2 Å². The highest BCUT2D eigenvalue weighted by Crippen LogP contribution is 2.15. The summed E-state index contributed by atoms with van der Waals surface area (Å²) in [6, 6.07) is 3.60. The van der Waals surface area contributed by atoms with Crippen molar-refractivity contribution in [3.05, 3.63) is 23.4 Å². The van der Waals surface area contributed by atoms with E-state index in [0.717, 1.165) is 25.0 Å². The second-order valence-electron chi connectivity index (χ2n) is 5.00. The van der Waals surface area contributed by atoms with Gasteiger partial charge in [0, 0.05) is 23.9 Å². The van der Waals surface area contributed by atoms with E-state index in [1.165, 1.54) is 0 Å². The van der Waals surface area contributed by atoms with Gasteiger partial charge >= 0.3 is 0 Å². The van der Waals surface area contributed by atoms with Gasteiger partial charge in [0.25, 0.3) is 5.91 Å². The molecule has 0 spiro atoms. The van der Waals surface area contributed by atoms with Gasteiger partial charge in [-0.2, -0.15) is 0 Å². The van der Waals surface area contributed by atoms with Gasteiger partial charge in [-0.3, -0.25) is 4.79 Å². The second kappa shape index (κ2) is 6.02. The van der Waals surface area contributed by atoms with Crippen molar-refractivity contribution < 1.29 is 9.53 Å². The van der Waals surface area contributed by atoms with E-state index in [2.05, 4.69) is 10.3 Å². The van der Waals surface area contributed by atoms with E-state index >= 15 is 0 Å². The average Bonchev–Trinajstić information content (AvgIpc) is 2.38. The summed E-state index contributed by atoms with van der Waals surface area (Å²) in [6.07, 6.45) is 2.68. The van der Waals surface area contributed by atoms with Crippen LogP contribution in [0.1, 0.15) is 42.7 Å². The Labute approximate surface area is 113 Å². The zero-order chi connectivity index (χ0) is 13.8. The molecule has 1 aliphatic rings. The number of anilines is 1. The molecule has 1 aromatic heterocycles. The van der Waals surface area contributed by atoms with Crippen LogP contribution in [0.15, 0.2) is 12.1 Å². The Morgan fingerprint density at radius 3 is 3.05 bits per heavy atom. The van der Waals surface area contributed by atoms with E-state index in [-0.39, 0.29) is 18.1 Å². The van der Waals surface area contributed by atoms with Crippen LogP contribution in [0, 0.1) is 0 Å². The summed E-state index contributed by atoms with van der Waals surface area (Å²) in [5, 5.41) is 3.04. The Hall–Kier alpha value is -1.62. The van der Waals surface area contributed by atoms with Gasteiger partial charge in [0.15, 0.2) is 0 Å². The number of hydrogen-bond acceptors (Lipinski definition) is 4. The minimum Gasteiger partial charge on any atom is -0.384 e. The van der Waals surface area contributed by atoms with E-state index in [9.17, 15) is 4.79 Å². The number of amides is 1. The third kappa shape index (κ3) is 3.67. The minimum absolute atomic E-state index is 0.0806. The van der Waals surface area contributed by atoms with Crippen molar-refractivity contribution in [2.75, 3.05) is 12.3 Å². The second-order valence-corrected chi connectivity index (χ2v) is 5.00. The molecule has 0 aromatic carbocycles. The van der Waals surface area contributed by atoms with Gasteiger partial charge in [-0.1, -0.05) is 6.92 Å². The van der Waals surface area contributed by atoms with Gasteiger partial charge in [0.2, 0.25) is 0 Å². The fraction of sp³-hybridized carbons (Fsp3) is 0.571. The number of rotatable bonds is 3. The highest BCUT2D eigenvalue weighted by molar-refractivity contribution is 5.95. The number of carbonyl (C=O) groups is 1. The highest BCUT2D eigenvalue weighted by Gasteiger charge is 2.21. The lowest BCUT2D eigenvalue weighted by molar-refractivity contribution is 0.0136. The Balaban J connectivity index is 2.05. The first-order valence-corrected chi connectivity index (χ1v) is 6.77. The molecular formula is C14H21N3O2. The van der Waals surface area contributed by atoms with Crippen LogP contribution in [0.25, 0.3) is 0 Å². The monoisotopic (exact) mass is 263 g/mol. The van der Waals surface area contributed by atoms with Gasteiger partial charge in [0.05, 0.1) is 6.10 Å². The molecule has 1 saturated heterocycles. The van der Waals surface area contributed by atoms with Gasteiger partial charge in [0.1, 0.15) is 5.82 Å². The van der Waals surface area contributed by atoms with Crippen molar-refractivity contribution in [2.45, 2.75) is 45.3 Å². The van der Waals surface area contributed by atoms with Crippen LogP contribution in [0.4, 0.5) is 5.82 Å². The summed E-state index contributed by atoms with van der Waals surface area (Å²) in [7, 11) is 0. The van der Waals surface area contributed by atoms with E-state index in [0.29, 0.717) is 18.0 Å². The normalized spacial score (nSPS) is 23.1. The fourth-order valence-electron chi connectivity index (χ4n) is 2.32. The van der Waals surface area contributed by atoms with Crippen molar-refractivity contribution in [3.63, 3.8) is 0 Å². The standard InChI is InChI=1S/C14H21N3O2/c1-3-11-7-10(8-13(15)16-11)14(18)17-12-4-5-19-9(2)6-12/h7-9,12H,3-6H2,1-2H3,(H2,15,16)(H,17,18). The van der Waals surface area contributed by atoms with Crippen LogP contribution < -0.4 is 11.1 Å². The Bertz CT molecular complexity index is 462. The van der Waals surface area contributed by atoms with Gasteiger partial charge in [-0.15, -0.1) is 0 Å². The van der Waals surface area contributed by atoms with E-state index in [1.54, 1.807) is 12.1 Å². The zero-order valence-corrected chi connectivity index (χ0v) is 11.5. The van der Waals surface area contributed by atoms with E-state index < -0.39 is 0 Å². The number of hydrogen-bond donors (Lipinski definition) is 2. The molecule has 0 bridgehead atoms. The summed E-state index contributed by atoms with van der Waals surface area (Å²) >= 11 is 0. The molecule has 2 unspecified atom stereocenters. The zero-order valence-electron chi connectivity index (χ0n) is 11.5. The molecule has 19 heavy (non-hydrogen) atoms. The van der Waals surface area contributed by atoms with Gasteiger partial charge < -0.3 is 15.8 Å². The van der Waals surface area contributed by atoms with Crippen LogP contribution in [0.2, 0.25) is 0 Å². The van der Waals surface area contributed by atoms with Crippen molar-refractivity contribution >= 4 is 11.7 Å². The lowest BCUT2D eigenvalue weighted by Gasteiger charge is -2.28. The topological polar surface area (TPSA) is 77.2 Å². The molecule has 3 N–H and O–H groups in total. The first kappa shape index (κ1) is 13.8. The SMILES string of the molecule is CCc1cc(C(=O)NC2CCOC(C)C2)cc(N)n1. The molecule has 1 fully saturated rings. The van der Waals surface area contributed by atoms with Crippen molar-refractivity contribution in [3.8, 4) is 0 Å². The summed E-state index contributed by atoms with van der Waals surface area (Å²) in [6.45, 7) is 4.71. The number of nitrogen functional groups attached to an aromatic ring is 1. The number of nitrogens with zero attached hydrogens (tertiary/aromatic N) is 1.